The number of rotatable bonds is 12. The van der Waals surface area contributed by atoms with Gasteiger partial charge in [0.1, 0.15) is 0 Å². The van der Waals surface area contributed by atoms with Crippen molar-refractivity contribution in [3.8, 4) is 0 Å². The van der Waals surface area contributed by atoms with Crippen LogP contribution in [0.15, 0.2) is 12.2 Å². The van der Waals surface area contributed by atoms with Gasteiger partial charge in [0.15, 0.2) is 0 Å². The van der Waals surface area contributed by atoms with Gasteiger partial charge < -0.3 is 4.74 Å². The molecule has 0 heterocycles. The lowest BCUT2D eigenvalue weighted by molar-refractivity contribution is -0.498. The zero-order chi connectivity index (χ0) is 40.9. The molecule has 0 rings (SSSR count). The molecule has 0 aliphatic heterocycles. The molecule has 2 nitrogen and oxygen atoms in total. The summed E-state index contributed by atoms with van der Waals surface area (Å²) in [5.74, 6) is -100.0. The minimum Gasteiger partial charge on any atom is -0.413 e. The van der Waals surface area contributed by atoms with Crippen LogP contribution < -0.4 is 0 Å². The highest BCUT2D eigenvalue weighted by Crippen LogP contribution is 2.69. The van der Waals surface area contributed by atoms with Crippen LogP contribution in [-0.2, 0) is 9.53 Å². The predicted molar refractivity (Wildman–Crippen MR) is 91.3 cm³/mol. The zero-order valence-corrected chi connectivity index (χ0v) is 21.5. The molecule has 0 saturated heterocycles. The Kier molecular flexibility index (Phi) is 10.7. The fraction of sp³-hybridized carbons (Fsp3) is 0.833. The Morgan fingerprint density at radius 3 is 0.816 bits per heavy atom. The van der Waals surface area contributed by atoms with E-state index in [-0.39, 0.29) is 6.92 Å². The van der Waals surface area contributed by atoms with E-state index in [1.807, 2.05) is 11.3 Å². The molecule has 0 aromatic heterocycles. The first-order valence-electron chi connectivity index (χ1n) is 10.4. The van der Waals surface area contributed by atoms with Gasteiger partial charge in [-0.05, 0) is 6.92 Å². The molecule has 0 radical (unpaired) electrons. The van der Waals surface area contributed by atoms with Crippen LogP contribution in [0.1, 0.15) is 6.92 Å². The Morgan fingerprint density at radius 2 is 0.592 bits per heavy atom. The van der Waals surface area contributed by atoms with Crippen LogP contribution in [0.5, 0.6) is 0 Å². The number of alkyl halides is 29. The predicted octanol–water partition coefficient (Wildman–Crippen LogP) is 9.88. The summed E-state index contributed by atoms with van der Waals surface area (Å²) >= 11 is 0. The summed E-state index contributed by atoms with van der Waals surface area (Å²) in [6.07, 6.45) is -25.9. The highest BCUT2D eigenvalue weighted by molar-refractivity contribution is 5.87. The number of ether oxygens (including phenoxy) is 1. The van der Waals surface area contributed by atoms with Gasteiger partial charge >= 0.3 is 89.3 Å². The lowest BCUT2D eigenvalue weighted by Crippen LogP contribution is -2.81. The second kappa shape index (κ2) is 11.3. The molecule has 31 heteroatoms. The van der Waals surface area contributed by atoms with Crippen molar-refractivity contribution in [2.45, 2.75) is 90.3 Å². The fourth-order valence-corrected chi connectivity index (χ4v) is 2.84. The van der Waals surface area contributed by atoms with E-state index >= 15 is 4.39 Å². The Bertz CT molecular complexity index is 1250. The largest absolute Gasteiger partial charge is 0.460 e. The van der Waals surface area contributed by atoms with Gasteiger partial charge in [0, 0.05) is 5.57 Å². The summed E-state index contributed by atoms with van der Waals surface area (Å²) in [6.45, 7) is 1.67. The third-order valence-electron chi connectivity index (χ3n) is 5.72. The van der Waals surface area contributed by atoms with Gasteiger partial charge in [-0.15, -0.1) is 0 Å². The van der Waals surface area contributed by atoms with Gasteiger partial charge in [-0.3, -0.25) is 0 Å². The SMILES string of the molecule is C=C(C)C(=O)OC(F)(C(F)(F)C(F)(F)C(F)(F)C(F)(F)C(F)(F)C(F)(F)F)C(F)(F)C(F)(F)C(F)(F)C(F)(F)C(F)(C(F)(F)F)C(F)(F)F. The molecule has 0 bridgehead atoms. The first kappa shape index (κ1) is 46.2. The van der Waals surface area contributed by atoms with Crippen LogP contribution in [0, 0.1) is 0 Å². The van der Waals surface area contributed by atoms with Crippen molar-refractivity contribution < 1.29 is 137 Å². The highest BCUT2D eigenvalue weighted by Gasteiger charge is 3.02. The quantitative estimate of drug-likeness (QED) is 0.112. The average molecular weight is 804 g/mol. The maximum atomic E-state index is 15.0. The number of carbonyl (C=O) groups excluding carboxylic acids is 1. The molecule has 0 aliphatic carbocycles. The van der Waals surface area contributed by atoms with Crippen molar-refractivity contribution in [2.24, 2.45) is 0 Å². The molecule has 0 N–H and O–H groups in total. The van der Waals surface area contributed by atoms with Crippen LogP contribution in [0.2, 0.25) is 0 Å². The van der Waals surface area contributed by atoms with Crippen LogP contribution in [0.4, 0.5) is 127 Å². The van der Waals surface area contributed by atoms with E-state index in [2.05, 4.69) is 0 Å². The van der Waals surface area contributed by atoms with Gasteiger partial charge in [0.05, 0.1) is 0 Å². The van der Waals surface area contributed by atoms with Crippen molar-refractivity contribution in [3.05, 3.63) is 12.2 Å². The molecule has 0 aliphatic rings. The van der Waals surface area contributed by atoms with Gasteiger partial charge in [-0.2, -0.15) is 123 Å². The van der Waals surface area contributed by atoms with Crippen LogP contribution >= 0.6 is 0 Å². The van der Waals surface area contributed by atoms with E-state index in [1.54, 1.807) is 0 Å². The van der Waals surface area contributed by atoms with Crippen LogP contribution in [0.25, 0.3) is 0 Å². The van der Waals surface area contributed by atoms with Gasteiger partial charge in [-0.1, -0.05) is 6.58 Å². The lowest BCUT2D eigenvalue weighted by Gasteiger charge is -2.48. The molecule has 0 spiro atoms. The number of hydrogen-bond donors (Lipinski definition) is 0. The molecule has 0 amide bonds. The second-order valence-corrected chi connectivity index (χ2v) is 9.09. The molecule has 1 unspecified atom stereocenters. The van der Waals surface area contributed by atoms with E-state index in [1.165, 1.54) is 0 Å². The average Bonchev–Trinajstić information content (AvgIpc) is 2.84. The normalized spacial score (nSPS) is 17.5. The third kappa shape index (κ3) is 5.55. The molecular formula is C18H5F29O2. The molecule has 0 fully saturated rings. The second-order valence-electron chi connectivity index (χ2n) is 9.09. The van der Waals surface area contributed by atoms with Crippen molar-refractivity contribution in [2.75, 3.05) is 0 Å². The van der Waals surface area contributed by atoms with Crippen molar-refractivity contribution in [1.29, 1.82) is 0 Å². The topological polar surface area (TPSA) is 26.3 Å². The maximum absolute atomic E-state index is 15.0. The number of halogens is 29. The van der Waals surface area contributed by atoms with Crippen molar-refractivity contribution in [3.63, 3.8) is 0 Å². The van der Waals surface area contributed by atoms with Gasteiger partial charge in [0.25, 0.3) is 0 Å². The molecule has 292 valence electrons. The minimum atomic E-state index is -9.94. The molecule has 0 aromatic carbocycles. The smallest absolute Gasteiger partial charge is 0.413 e. The number of carbonyl (C=O) groups is 1. The van der Waals surface area contributed by atoms with Crippen LogP contribution in [0.3, 0.4) is 0 Å². The number of esters is 1. The van der Waals surface area contributed by atoms with Gasteiger partial charge in [0.2, 0.25) is 0 Å². The Hall–Kier alpha value is -2.82. The fourth-order valence-electron chi connectivity index (χ4n) is 2.84. The van der Waals surface area contributed by atoms with E-state index in [9.17, 15) is 128 Å². The Balaban J connectivity index is 8.34. The Labute approximate surface area is 246 Å². The molecule has 49 heavy (non-hydrogen) atoms. The highest BCUT2D eigenvalue weighted by atomic mass is 19.4. The van der Waals surface area contributed by atoms with E-state index in [0.717, 1.165) is 0 Å². The zero-order valence-electron chi connectivity index (χ0n) is 21.5. The van der Waals surface area contributed by atoms with E-state index in [4.69, 9.17) is 0 Å². The summed E-state index contributed by atoms with van der Waals surface area (Å²) in [7, 11) is 0. The minimum absolute atomic E-state index is 0.311. The van der Waals surface area contributed by atoms with E-state index < -0.39 is 94.9 Å². The number of hydrogen-bond acceptors (Lipinski definition) is 2. The molecule has 0 saturated carbocycles. The first-order chi connectivity index (χ1) is 20.6. The maximum Gasteiger partial charge on any atom is 0.460 e. The van der Waals surface area contributed by atoms with Crippen LogP contribution in [-0.4, -0.2) is 89.3 Å². The van der Waals surface area contributed by atoms with Gasteiger partial charge in [-0.25, -0.2) is 9.18 Å². The Morgan fingerprint density at radius 1 is 0.367 bits per heavy atom. The van der Waals surface area contributed by atoms with Crippen molar-refractivity contribution in [1.82, 2.24) is 0 Å². The molecule has 0 aromatic rings. The molecular weight excluding hydrogens is 799 g/mol. The molecule has 1 atom stereocenters. The summed E-state index contributed by atoms with van der Waals surface area (Å²) in [5, 5.41) is 0. The summed E-state index contributed by atoms with van der Waals surface area (Å²) in [5.41, 5.74) is -11.6. The first-order valence-corrected chi connectivity index (χ1v) is 10.4. The summed E-state index contributed by atoms with van der Waals surface area (Å²) < 4.78 is 393. The third-order valence-corrected chi connectivity index (χ3v) is 5.72. The van der Waals surface area contributed by atoms with E-state index in [0.29, 0.717) is 0 Å². The summed E-state index contributed by atoms with van der Waals surface area (Å²) in [6, 6.07) is 0. The monoisotopic (exact) mass is 804 g/mol. The summed E-state index contributed by atoms with van der Waals surface area (Å²) in [4.78, 5) is 11.3. The lowest BCUT2D eigenvalue weighted by atomic mass is 9.81. The van der Waals surface area contributed by atoms with Crippen molar-refractivity contribution >= 4 is 5.97 Å². The standard InChI is InChI=1S/C18H5F29O2/c1-3(2)4(48)49-15(38,13(34,35)10(28,29)8(24,25)11(30,31)14(36,37)18(45,46)47)12(32,33)9(26,27)7(22,23)6(20,21)5(19,16(39,40)41)17(42,43)44/h1H2,2H3.